The van der Waals surface area contributed by atoms with Gasteiger partial charge in [0.15, 0.2) is 5.76 Å². The fourth-order valence-corrected chi connectivity index (χ4v) is 4.01. The minimum absolute atomic E-state index is 0.0372. The van der Waals surface area contributed by atoms with E-state index in [4.69, 9.17) is 4.42 Å². The molecule has 0 atom stereocenters. The highest BCUT2D eigenvalue weighted by molar-refractivity contribution is 7.89. The van der Waals surface area contributed by atoms with Crippen molar-refractivity contribution in [2.24, 2.45) is 0 Å². The van der Waals surface area contributed by atoms with Crippen LogP contribution in [0.4, 0.5) is 13.2 Å². The van der Waals surface area contributed by atoms with E-state index in [1.165, 1.54) is 10.8 Å². The molecule has 0 unspecified atom stereocenters. The number of nitrogens with zero attached hydrogens (tertiary/aromatic N) is 3. The first kappa shape index (κ1) is 20.4. The number of halogens is 3. The van der Waals surface area contributed by atoms with E-state index in [0.717, 1.165) is 29.7 Å². The molecule has 2 heterocycles. The summed E-state index contributed by atoms with van der Waals surface area (Å²) in [6.45, 7) is -0.214. The Labute approximate surface area is 169 Å². The van der Waals surface area contributed by atoms with Crippen molar-refractivity contribution in [1.82, 2.24) is 19.1 Å². The van der Waals surface area contributed by atoms with Crippen LogP contribution in [0.25, 0.3) is 11.6 Å². The molecule has 3 aromatic rings. The number of nitrogens with one attached hydrogen (secondary N) is 1. The van der Waals surface area contributed by atoms with Gasteiger partial charge in [0.25, 0.3) is 0 Å². The second kappa shape index (κ2) is 7.43. The maximum absolute atomic E-state index is 12.7. The predicted molar refractivity (Wildman–Crippen MR) is 99.1 cm³/mol. The van der Waals surface area contributed by atoms with E-state index in [1.807, 2.05) is 0 Å². The standard InChI is InChI=1S/C18H17F3N4O4S/c19-18(20,21)12-3-7-14(8-4-12)30(27,28)22-9-10-24-17(26)25(13-5-6-13)16(23-24)15-2-1-11-29-15/h1-4,7-8,11,13,22H,5-6,9-10H2. The molecule has 0 radical (unpaired) electrons. The molecule has 8 nitrogen and oxygen atoms in total. The molecule has 2 aromatic heterocycles. The van der Waals surface area contributed by atoms with E-state index in [2.05, 4.69) is 9.82 Å². The zero-order valence-corrected chi connectivity index (χ0v) is 16.3. The minimum atomic E-state index is -4.55. The zero-order chi connectivity index (χ0) is 21.5. The molecule has 0 aliphatic heterocycles. The van der Waals surface area contributed by atoms with Gasteiger partial charge in [0.1, 0.15) is 0 Å². The molecule has 4 rings (SSSR count). The van der Waals surface area contributed by atoms with Crippen LogP contribution in [-0.2, 0) is 22.7 Å². The summed E-state index contributed by atoms with van der Waals surface area (Å²) in [6, 6.07) is 6.56. The second-order valence-corrected chi connectivity index (χ2v) is 8.59. The van der Waals surface area contributed by atoms with Crippen LogP contribution in [0.2, 0.25) is 0 Å². The minimum Gasteiger partial charge on any atom is -0.461 e. The molecule has 1 fully saturated rings. The molecular formula is C18H17F3N4O4S. The SMILES string of the molecule is O=c1n(CCNS(=O)(=O)c2ccc(C(F)(F)F)cc2)nc(-c2ccco2)n1C1CC1. The van der Waals surface area contributed by atoms with Gasteiger partial charge in [-0.15, -0.1) is 5.10 Å². The number of hydrogen-bond acceptors (Lipinski definition) is 5. The van der Waals surface area contributed by atoms with Crippen molar-refractivity contribution in [1.29, 1.82) is 0 Å². The number of aromatic nitrogens is 3. The van der Waals surface area contributed by atoms with Gasteiger partial charge in [-0.2, -0.15) is 13.2 Å². The van der Waals surface area contributed by atoms with E-state index in [1.54, 1.807) is 12.1 Å². The molecular weight excluding hydrogens is 425 g/mol. The highest BCUT2D eigenvalue weighted by Gasteiger charge is 2.32. The first-order chi connectivity index (χ1) is 14.2. The summed E-state index contributed by atoms with van der Waals surface area (Å²) >= 11 is 0. The Morgan fingerprint density at radius 1 is 1.17 bits per heavy atom. The van der Waals surface area contributed by atoms with E-state index in [9.17, 15) is 26.4 Å². The van der Waals surface area contributed by atoms with Gasteiger partial charge in [0.05, 0.1) is 23.3 Å². The summed E-state index contributed by atoms with van der Waals surface area (Å²) < 4.78 is 72.8. The Morgan fingerprint density at radius 2 is 1.87 bits per heavy atom. The lowest BCUT2D eigenvalue weighted by Crippen LogP contribution is -2.32. The van der Waals surface area contributed by atoms with Gasteiger partial charge in [0.2, 0.25) is 15.8 Å². The van der Waals surface area contributed by atoms with Crippen molar-refractivity contribution in [3.63, 3.8) is 0 Å². The Kier molecular flexibility index (Phi) is 5.06. The lowest BCUT2D eigenvalue weighted by molar-refractivity contribution is -0.137. The number of rotatable bonds is 7. The smallest absolute Gasteiger partial charge is 0.416 e. The van der Waals surface area contributed by atoms with Gasteiger partial charge in [0, 0.05) is 12.6 Å². The average molecular weight is 442 g/mol. The van der Waals surface area contributed by atoms with E-state index in [-0.39, 0.29) is 29.7 Å². The maximum atomic E-state index is 12.7. The summed E-state index contributed by atoms with van der Waals surface area (Å²) in [5.41, 5.74) is -1.32. The number of sulfonamides is 1. The topological polar surface area (TPSA) is 99.1 Å². The average Bonchev–Trinajstić information content (AvgIpc) is 3.26. The highest BCUT2D eigenvalue weighted by atomic mass is 32.2. The lowest BCUT2D eigenvalue weighted by atomic mass is 10.2. The van der Waals surface area contributed by atoms with Crippen LogP contribution in [0.3, 0.4) is 0 Å². The normalized spacial score (nSPS) is 14.9. The molecule has 0 amide bonds. The Bertz CT molecular complexity index is 1190. The van der Waals surface area contributed by atoms with Gasteiger partial charge in [-0.25, -0.2) is 22.6 Å². The Morgan fingerprint density at radius 3 is 2.43 bits per heavy atom. The molecule has 12 heteroatoms. The van der Waals surface area contributed by atoms with Gasteiger partial charge in [-0.3, -0.25) is 4.57 Å². The van der Waals surface area contributed by atoms with Gasteiger partial charge >= 0.3 is 11.9 Å². The zero-order valence-electron chi connectivity index (χ0n) is 15.5. The molecule has 0 bridgehead atoms. The van der Waals surface area contributed by atoms with E-state index >= 15 is 0 Å². The predicted octanol–water partition coefficient (Wildman–Crippen LogP) is 2.64. The molecule has 160 valence electrons. The Hall–Kier alpha value is -2.86. The molecule has 1 saturated carbocycles. The van der Waals surface area contributed by atoms with E-state index in [0.29, 0.717) is 23.7 Å². The van der Waals surface area contributed by atoms with E-state index < -0.39 is 21.8 Å². The summed E-state index contributed by atoms with van der Waals surface area (Å²) in [4.78, 5) is 12.4. The van der Waals surface area contributed by atoms with Crippen LogP contribution in [0.1, 0.15) is 24.4 Å². The number of hydrogen-bond donors (Lipinski definition) is 1. The van der Waals surface area contributed by atoms with Gasteiger partial charge in [-0.1, -0.05) is 0 Å². The first-order valence-electron chi connectivity index (χ1n) is 9.07. The second-order valence-electron chi connectivity index (χ2n) is 6.83. The molecule has 1 aliphatic carbocycles. The lowest BCUT2D eigenvalue weighted by Gasteiger charge is -2.09. The number of furan rings is 1. The molecule has 1 N–H and O–H groups in total. The van der Waals surface area contributed by atoms with Crippen LogP contribution >= 0.6 is 0 Å². The maximum Gasteiger partial charge on any atom is 0.416 e. The van der Waals surface area contributed by atoms with Crippen LogP contribution in [0.5, 0.6) is 0 Å². The quantitative estimate of drug-likeness (QED) is 0.607. The van der Waals surface area contributed by atoms with Crippen LogP contribution in [0, 0.1) is 0 Å². The monoisotopic (exact) mass is 442 g/mol. The van der Waals surface area contributed by atoms with Crippen LogP contribution < -0.4 is 10.4 Å². The fourth-order valence-electron chi connectivity index (χ4n) is 2.99. The first-order valence-corrected chi connectivity index (χ1v) is 10.6. The van der Waals surface area contributed by atoms with Crippen molar-refractivity contribution >= 4 is 10.0 Å². The van der Waals surface area contributed by atoms with Crippen molar-refractivity contribution in [3.8, 4) is 11.6 Å². The third-order valence-corrected chi connectivity index (χ3v) is 6.11. The summed E-state index contributed by atoms with van der Waals surface area (Å²) in [7, 11) is -4.04. The van der Waals surface area contributed by atoms with Crippen LogP contribution in [0.15, 0.2) is 56.8 Å². The third-order valence-electron chi connectivity index (χ3n) is 4.63. The summed E-state index contributed by atoms with van der Waals surface area (Å²) in [6.07, 6.45) is -1.39. The summed E-state index contributed by atoms with van der Waals surface area (Å²) in [5, 5.41) is 4.26. The van der Waals surface area contributed by atoms with Gasteiger partial charge < -0.3 is 4.42 Å². The molecule has 1 aliphatic rings. The van der Waals surface area contributed by atoms with Crippen molar-refractivity contribution < 1.29 is 26.0 Å². The van der Waals surface area contributed by atoms with Crippen molar-refractivity contribution in [2.75, 3.05) is 6.54 Å². The van der Waals surface area contributed by atoms with Crippen molar-refractivity contribution in [2.45, 2.75) is 36.5 Å². The highest BCUT2D eigenvalue weighted by Crippen LogP contribution is 2.36. The number of benzene rings is 1. The van der Waals surface area contributed by atoms with Gasteiger partial charge in [-0.05, 0) is 49.2 Å². The number of alkyl halides is 3. The summed E-state index contributed by atoms with van der Waals surface area (Å²) in [5.74, 6) is 0.807. The molecule has 0 spiro atoms. The van der Waals surface area contributed by atoms with Crippen LogP contribution in [-0.4, -0.2) is 29.3 Å². The third kappa shape index (κ3) is 4.05. The fraction of sp³-hybridized carbons (Fsp3) is 0.333. The van der Waals surface area contributed by atoms with Crippen molar-refractivity contribution in [3.05, 3.63) is 58.7 Å². The largest absolute Gasteiger partial charge is 0.461 e. The molecule has 1 aromatic carbocycles. The Balaban J connectivity index is 1.48. The molecule has 0 saturated heterocycles. The molecule has 30 heavy (non-hydrogen) atoms.